The Hall–Kier alpha value is -2.37. The standard InChI is InChI=1S/C9H7N3O3/c13-6-4-2-1-3-5(6)7-8(9(14)15)11-12-10-7/h1-4,13H,(H,14,15)(H,10,11,12). The Kier molecular flexibility index (Phi) is 2.09. The Bertz CT molecular complexity index is 507. The zero-order valence-electron chi connectivity index (χ0n) is 7.51. The topological polar surface area (TPSA) is 99.1 Å². The number of carbonyl (C=O) groups is 1. The van der Waals surface area contributed by atoms with Crippen LogP contribution in [0, 0.1) is 0 Å². The van der Waals surface area contributed by atoms with Crippen LogP contribution < -0.4 is 0 Å². The largest absolute Gasteiger partial charge is 0.507 e. The van der Waals surface area contributed by atoms with E-state index in [1.165, 1.54) is 6.07 Å². The van der Waals surface area contributed by atoms with Crippen LogP contribution in [0.2, 0.25) is 0 Å². The molecule has 0 amide bonds. The molecule has 0 bridgehead atoms. The molecule has 1 aromatic carbocycles. The Morgan fingerprint density at radius 3 is 2.73 bits per heavy atom. The lowest BCUT2D eigenvalue weighted by Crippen LogP contribution is -1.99. The molecule has 1 aromatic heterocycles. The van der Waals surface area contributed by atoms with Crippen molar-refractivity contribution in [3.63, 3.8) is 0 Å². The lowest BCUT2D eigenvalue weighted by molar-refractivity contribution is 0.0691. The first-order valence-electron chi connectivity index (χ1n) is 4.13. The van der Waals surface area contributed by atoms with E-state index in [-0.39, 0.29) is 17.1 Å². The highest BCUT2D eigenvalue weighted by Crippen LogP contribution is 2.28. The maximum absolute atomic E-state index is 10.8. The maximum atomic E-state index is 10.8. The van der Waals surface area contributed by atoms with Crippen molar-refractivity contribution in [2.45, 2.75) is 0 Å². The van der Waals surface area contributed by atoms with Crippen molar-refractivity contribution >= 4 is 5.97 Å². The van der Waals surface area contributed by atoms with Crippen molar-refractivity contribution in [3.8, 4) is 17.0 Å². The zero-order chi connectivity index (χ0) is 10.8. The molecular formula is C9H7N3O3. The number of aromatic nitrogens is 3. The van der Waals surface area contributed by atoms with Gasteiger partial charge in [-0.3, -0.25) is 5.10 Å². The van der Waals surface area contributed by atoms with Gasteiger partial charge in [0.25, 0.3) is 0 Å². The molecule has 0 radical (unpaired) electrons. The quantitative estimate of drug-likeness (QED) is 0.675. The van der Waals surface area contributed by atoms with Crippen LogP contribution in [0.3, 0.4) is 0 Å². The van der Waals surface area contributed by atoms with Crippen LogP contribution in [0.1, 0.15) is 10.5 Å². The maximum Gasteiger partial charge on any atom is 0.356 e. The number of rotatable bonds is 2. The number of benzene rings is 1. The van der Waals surface area contributed by atoms with Crippen molar-refractivity contribution < 1.29 is 15.0 Å². The van der Waals surface area contributed by atoms with Gasteiger partial charge in [0.15, 0.2) is 5.69 Å². The molecule has 2 aromatic rings. The summed E-state index contributed by atoms with van der Waals surface area (Å²) in [5.41, 5.74) is 0.320. The lowest BCUT2D eigenvalue weighted by atomic mass is 10.1. The van der Waals surface area contributed by atoms with Crippen LogP contribution in [0.5, 0.6) is 5.75 Å². The summed E-state index contributed by atoms with van der Waals surface area (Å²) in [5, 5.41) is 27.6. The van der Waals surface area contributed by atoms with E-state index < -0.39 is 5.97 Å². The van der Waals surface area contributed by atoms with Gasteiger partial charge in [0, 0.05) is 5.56 Å². The van der Waals surface area contributed by atoms with Gasteiger partial charge in [-0.05, 0) is 12.1 Å². The predicted molar refractivity (Wildman–Crippen MR) is 50.4 cm³/mol. The second-order valence-electron chi connectivity index (χ2n) is 2.86. The first kappa shape index (κ1) is 9.20. The normalized spacial score (nSPS) is 10.1. The number of aromatic carboxylic acids is 1. The number of H-pyrrole nitrogens is 1. The fourth-order valence-corrected chi connectivity index (χ4v) is 1.24. The van der Waals surface area contributed by atoms with Gasteiger partial charge in [0.1, 0.15) is 11.4 Å². The molecule has 0 saturated carbocycles. The Morgan fingerprint density at radius 2 is 2.07 bits per heavy atom. The number of nitrogens with zero attached hydrogens (tertiary/aromatic N) is 2. The number of carboxylic acids is 1. The summed E-state index contributed by atoms with van der Waals surface area (Å²) < 4.78 is 0. The summed E-state index contributed by atoms with van der Waals surface area (Å²) in [7, 11) is 0. The smallest absolute Gasteiger partial charge is 0.356 e. The summed E-state index contributed by atoms with van der Waals surface area (Å²) >= 11 is 0. The highest BCUT2D eigenvalue weighted by atomic mass is 16.4. The summed E-state index contributed by atoms with van der Waals surface area (Å²) in [6.07, 6.45) is 0. The van der Waals surface area contributed by atoms with E-state index in [1.807, 2.05) is 0 Å². The number of hydrogen-bond donors (Lipinski definition) is 3. The van der Waals surface area contributed by atoms with Gasteiger partial charge in [0.05, 0.1) is 0 Å². The van der Waals surface area contributed by atoms with E-state index in [4.69, 9.17) is 5.11 Å². The lowest BCUT2D eigenvalue weighted by Gasteiger charge is -2.00. The molecule has 2 rings (SSSR count). The first-order valence-corrected chi connectivity index (χ1v) is 4.13. The summed E-state index contributed by atoms with van der Waals surface area (Å²) in [4.78, 5) is 10.8. The van der Waals surface area contributed by atoms with Gasteiger partial charge in [-0.2, -0.15) is 0 Å². The highest BCUT2D eigenvalue weighted by Gasteiger charge is 2.17. The SMILES string of the molecule is O=C(O)c1[nH]nnc1-c1ccccc1O. The van der Waals surface area contributed by atoms with Gasteiger partial charge in [0.2, 0.25) is 0 Å². The summed E-state index contributed by atoms with van der Waals surface area (Å²) in [6, 6.07) is 6.34. The number of aromatic hydroxyl groups is 1. The highest BCUT2D eigenvalue weighted by molar-refractivity contribution is 5.93. The van der Waals surface area contributed by atoms with Crippen LogP contribution in [0.15, 0.2) is 24.3 Å². The molecule has 76 valence electrons. The van der Waals surface area contributed by atoms with E-state index in [2.05, 4.69) is 15.4 Å². The fraction of sp³-hybridized carbons (Fsp3) is 0. The van der Waals surface area contributed by atoms with E-state index in [0.29, 0.717) is 5.56 Å². The Balaban J connectivity index is 2.59. The molecule has 0 aliphatic rings. The van der Waals surface area contributed by atoms with E-state index in [0.717, 1.165) is 0 Å². The average molecular weight is 205 g/mol. The zero-order valence-corrected chi connectivity index (χ0v) is 7.51. The molecule has 1 heterocycles. The number of para-hydroxylation sites is 1. The summed E-state index contributed by atoms with van der Waals surface area (Å²) in [5.74, 6) is -1.20. The molecule has 0 spiro atoms. The minimum atomic E-state index is -1.17. The number of hydrogen-bond acceptors (Lipinski definition) is 4. The third kappa shape index (κ3) is 1.52. The first-order chi connectivity index (χ1) is 7.20. The molecular weight excluding hydrogens is 198 g/mol. The predicted octanol–water partition coefficient (Wildman–Crippen LogP) is 0.875. The number of aromatic amines is 1. The third-order valence-corrected chi connectivity index (χ3v) is 1.92. The fourth-order valence-electron chi connectivity index (χ4n) is 1.24. The summed E-state index contributed by atoms with van der Waals surface area (Å²) in [6.45, 7) is 0. The number of phenolic OH excluding ortho intramolecular Hbond substituents is 1. The second kappa shape index (κ2) is 3.41. The number of nitrogens with one attached hydrogen (secondary N) is 1. The van der Waals surface area contributed by atoms with Gasteiger partial charge in [-0.25, -0.2) is 4.79 Å². The van der Waals surface area contributed by atoms with E-state index in [9.17, 15) is 9.90 Å². The van der Waals surface area contributed by atoms with Crippen LogP contribution in [0.25, 0.3) is 11.3 Å². The molecule has 6 heteroatoms. The molecule has 15 heavy (non-hydrogen) atoms. The number of phenols is 1. The minimum absolute atomic E-state index is 0.0334. The third-order valence-electron chi connectivity index (χ3n) is 1.92. The minimum Gasteiger partial charge on any atom is -0.507 e. The Morgan fingerprint density at radius 1 is 1.33 bits per heavy atom. The van der Waals surface area contributed by atoms with Gasteiger partial charge in [-0.15, -0.1) is 5.10 Å². The Labute approximate surface area is 84.2 Å². The molecule has 0 aliphatic carbocycles. The van der Waals surface area contributed by atoms with Gasteiger partial charge < -0.3 is 10.2 Å². The number of carboxylic acid groups (broad SMARTS) is 1. The van der Waals surface area contributed by atoms with Crippen LogP contribution in [0.4, 0.5) is 0 Å². The monoisotopic (exact) mass is 205 g/mol. The van der Waals surface area contributed by atoms with Crippen molar-refractivity contribution in [2.75, 3.05) is 0 Å². The molecule has 3 N–H and O–H groups in total. The van der Waals surface area contributed by atoms with E-state index in [1.54, 1.807) is 18.2 Å². The molecule has 0 fully saturated rings. The van der Waals surface area contributed by atoms with Crippen molar-refractivity contribution in [1.82, 2.24) is 15.4 Å². The van der Waals surface area contributed by atoms with Crippen molar-refractivity contribution in [3.05, 3.63) is 30.0 Å². The van der Waals surface area contributed by atoms with Crippen LogP contribution in [-0.2, 0) is 0 Å². The van der Waals surface area contributed by atoms with Crippen molar-refractivity contribution in [1.29, 1.82) is 0 Å². The second-order valence-corrected chi connectivity index (χ2v) is 2.86. The van der Waals surface area contributed by atoms with Crippen LogP contribution >= 0.6 is 0 Å². The molecule has 0 atom stereocenters. The van der Waals surface area contributed by atoms with Gasteiger partial charge in [-0.1, -0.05) is 17.3 Å². The van der Waals surface area contributed by atoms with E-state index >= 15 is 0 Å². The van der Waals surface area contributed by atoms with Crippen molar-refractivity contribution in [2.24, 2.45) is 0 Å². The molecule has 6 nitrogen and oxygen atoms in total. The molecule has 0 aliphatic heterocycles. The van der Waals surface area contributed by atoms with Gasteiger partial charge >= 0.3 is 5.97 Å². The average Bonchev–Trinajstić information content (AvgIpc) is 2.67. The molecule has 0 unspecified atom stereocenters. The van der Waals surface area contributed by atoms with Crippen LogP contribution in [-0.4, -0.2) is 31.6 Å². The molecule has 0 saturated heterocycles.